The van der Waals surface area contributed by atoms with Gasteiger partial charge in [0.05, 0.1) is 5.71 Å². The predicted molar refractivity (Wildman–Crippen MR) is 140 cm³/mol. The smallest absolute Gasteiger partial charge is 0.284 e. The predicted octanol–water partition coefficient (Wildman–Crippen LogP) is 4.79. The van der Waals surface area contributed by atoms with Crippen molar-refractivity contribution < 1.29 is 9.18 Å². The molecule has 2 unspecified atom stereocenters. The number of pyridine rings is 1. The lowest BCUT2D eigenvalue weighted by molar-refractivity contribution is 0.0987. The minimum atomic E-state index is -0.652. The summed E-state index contributed by atoms with van der Waals surface area (Å²) in [5.41, 5.74) is 8.45. The molecule has 7 nitrogen and oxygen atoms in total. The molecule has 2 heterocycles. The molecule has 0 radical (unpaired) electrons. The number of hydrogen-bond donors (Lipinski definition) is 1. The van der Waals surface area contributed by atoms with Gasteiger partial charge in [0.25, 0.3) is 11.5 Å². The molecule has 3 aromatic rings. The van der Waals surface area contributed by atoms with Crippen LogP contribution in [0.15, 0.2) is 64.7 Å². The summed E-state index contributed by atoms with van der Waals surface area (Å²) in [7, 11) is 1.67. The number of benzene rings is 1. The molecule has 1 aliphatic carbocycles. The van der Waals surface area contributed by atoms with Crippen molar-refractivity contribution in [3.63, 3.8) is 0 Å². The highest BCUT2D eigenvalue weighted by atomic mass is 35.5. The number of carbonyl (C=O) groups is 1. The highest BCUT2D eigenvalue weighted by molar-refractivity contribution is 6.31. The van der Waals surface area contributed by atoms with Gasteiger partial charge in [0.2, 0.25) is 0 Å². The van der Waals surface area contributed by atoms with Crippen molar-refractivity contribution in [2.75, 3.05) is 0 Å². The zero-order valence-electron chi connectivity index (χ0n) is 20.4. The number of aliphatic imine (C=N–C) groups is 1. The summed E-state index contributed by atoms with van der Waals surface area (Å²) in [6.07, 6.45) is 8.21. The minimum absolute atomic E-state index is 0.0838. The minimum Gasteiger partial charge on any atom is -0.363 e. The van der Waals surface area contributed by atoms with Gasteiger partial charge in [-0.15, -0.1) is 0 Å². The summed E-state index contributed by atoms with van der Waals surface area (Å²) >= 11 is 6.59. The Kier molecular flexibility index (Phi) is 7.08. The van der Waals surface area contributed by atoms with Crippen molar-refractivity contribution >= 4 is 29.4 Å². The lowest BCUT2D eigenvalue weighted by Gasteiger charge is -2.11. The number of imidazole rings is 1. The van der Waals surface area contributed by atoms with E-state index in [9.17, 15) is 14.0 Å². The summed E-state index contributed by atoms with van der Waals surface area (Å²) < 4.78 is 16.3. The van der Waals surface area contributed by atoms with Crippen LogP contribution in [0.2, 0.25) is 5.02 Å². The Morgan fingerprint density at radius 3 is 2.56 bits per heavy atom. The van der Waals surface area contributed by atoms with Gasteiger partial charge in [0.1, 0.15) is 16.5 Å². The zero-order chi connectivity index (χ0) is 26.1. The quantitative estimate of drug-likeness (QED) is 0.465. The van der Waals surface area contributed by atoms with Crippen LogP contribution < -0.4 is 11.3 Å². The van der Waals surface area contributed by atoms with Crippen LogP contribution in [0.4, 0.5) is 4.39 Å². The normalized spacial score (nSPS) is 19.9. The van der Waals surface area contributed by atoms with Crippen molar-refractivity contribution in [1.82, 2.24) is 14.1 Å². The van der Waals surface area contributed by atoms with Crippen LogP contribution >= 0.6 is 11.6 Å². The van der Waals surface area contributed by atoms with Gasteiger partial charge in [0.15, 0.2) is 5.82 Å². The fraction of sp³-hybridized carbons (Fsp3) is 0.259. The molecule has 36 heavy (non-hydrogen) atoms. The third-order valence-corrected chi connectivity index (χ3v) is 6.88. The Balaban J connectivity index is 1.67. The van der Waals surface area contributed by atoms with Gasteiger partial charge in [-0.1, -0.05) is 36.7 Å². The summed E-state index contributed by atoms with van der Waals surface area (Å²) in [4.78, 5) is 33.5. The average Bonchev–Trinajstić information content (AvgIpc) is 3.33. The maximum absolute atomic E-state index is 13.4. The maximum atomic E-state index is 13.4. The van der Waals surface area contributed by atoms with Crippen LogP contribution in [0, 0.1) is 18.7 Å². The van der Waals surface area contributed by atoms with Gasteiger partial charge in [-0.2, -0.15) is 0 Å². The van der Waals surface area contributed by atoms with Gasteiger partial charge in [0, 0.05) is 31.3 Å². The number of carbonyl (C=O) groups excluding carboxylic acids is 1. The largest absolute Gasteiger partial charge is 0.363 e. The van der Waals surface area contributed by atoms with Gasteiger partial charge in [-0.05, 0) is 67.0 Å². The monoisotopic (exact) mass is 507 g/mol. The zero-order valence-corrected chi connectivity index (χ0v) is 21.2. The summed E-state index contributed by atoms with van der Waals surface area (Å²) in [5, 5.41) is 0.160. The Morgan fingerprint density at radius 2 is 1.94 bits per heavy atom. The van der Waals surface area contributed by atoms with E-state index in [1.165, 1.54) is 21.3 Å². The van der Waals surface area contributed by atoms with Crippen LogP contribution in [0.1, 0.15) is 58.8 Å². The lowest BCUT2D eigenvalue weighted by atomic mass is 10.0. The highest BCUT2D eigenvalue weighted by Crippen LogP contribution is 2.61. The third-order valence-electron chi connectivity index (χ3n) is 6.50. The lowest BCUT2D eigenvalue weighted by Crippen LogP contribution is -2.20. The molecule has 2 aromatic heterocycles. The van der Waals surface area contributed by atoms with Crippen LogP contribution in [0.3, 0.4) is 0 Å². The number of aromatic nitrogens is 3. The number of amides is 1. The first-order valence-electron chi connectivity index (χ1n) is 11.5. The van der Waals surface area contributed by atoms with E-state index >= 15 is 0 Å². The average molecular weight is 508 g/mol. The number of aryl methyl sites for hydroxylation is 2. The topological polar surface area (TPSA) is 95.3 Å². The van der Waals surface area contributed by atoms with E-state index in [0.717, 1.165) is 11.1 Å². The molecule has 2 N–H and O–H groups in total. The molecule has 0 bridgehead atoms. The van der Waals surface area contributed by atoms with E-state index in [-0.39, 0.29) is 40.0 Å². The van der Waals surface area contributed by atoms with Crippen molar-refractivity contribution in [3.8, 4) is 0 Å². The number of rotatable bonds is 7. The van der Waals surface area contributed by atoms with Gasteiger partial charge >= 0.3 is 0 Å². The Labute approximate surface area is 213 Å². The van der Waals surface area contributed by atoms with Gasteiger partial charge in [-0.3, -0.25) is 19.1 Å². The number of primary amides is 1. The molecule has 1 amide bonds. The van der Waals surface area contributed by atoms with E-state index in [0.29, 0.717) is 17.1 Å². The number of nitrogens with two attached hydrogens (primary N) is 1. The molecular weight excluding hydrogens is 481 g/mol. The van der Waals surface area contributed by atoms with E-state index in [1.54, 1.807) is 49.9 Å². The van der Waals surface area contributed by atoms with Crippen LogP contribution in [-0.2, 0) is 7.05 Å². The fourth-order valence-electron chi connectivity index (χ4n) is 4.62. The number of hydrogen-bond acceptors (Lipinski definition) is 4. The second-order valence-electron chi connectivity index (χ2n) is 8.93. The Morgan fingerprint density at radius 1 is 1.25 bits per heavy atom. The summed E-state index contributed by atoms with van der Waals surface area (Å²) in [6.45, 7) is 5.76. The number of nitrogens with zero attached hydrogens (tertiary/aromatic N) is 4. The molecule has 0 spiro atoms. The summed E-state index contributed by atoms with van der Waals surface area (Å²) in [5.74, 6) is -0.290. The van der Waals surface area contributed by atoms with Gasteiger partial charge < -0.3 is 10.3 Å². The Hall–Kier alpha value is -3.78. The molecule has 4 rings (SSSR count). The van der Waals surface area contributed by atoms with E-state index in [4.69, 9.17) is 17.3 Å². The second kappa shape index (κ2) is 10.1. The van der Waals surface area contributed by atoms with E-state index in [2.05, 4.69) is 16.9 Å². The first-order valence-corrected chi connectivity index (χ1v) is 11.9. The Bertz CT molecular complexity index is 1470. The van der Waals surface area contributed by atoms with Crippen molar-refractivity contribution in [1.29, 1.82) is 0 Å². The van der Waals surface area contributed by atoms with Crippen molar-refractivity contribution in [2.45, 2.75) is 32.6 Å². The number of halogens is 2. The van der Waals surface area contributed by atoms with Crippen LogP contribution in [0.5, 0.6) is 0 Å². The molecule has 0 saturated heterocycles. The number of allylic oxidation sites excluding steroid dienone is 2. The van der Waals surface area contributed by atoms with Crippen LogP contribution in [-0.4, -0.2) is 25.7 Å². The first-order chi connectivity index (χ1) is 17.1. The third kappa shape index (κ3) is 4.81. The molecule has 9 heteroatoms. The molecule has 1 aromatic carbocycles. The molecule has 1 saturated carbocycles. The summed E-state index contributed by atoms with van der Waals surface area (Å²) in [6, 6.07) is 8.40. The standard InChI is InChI=1S/C27H27ClFN5O2/c1-5-11-31-20(21-14-33(4)26(32-21)25(30)35)10-12-34-15(2)13-19(24(28)27(34)36)23-16(3)22(23)17-6-8-18(29)9-7-17/h5-14,16,22-23H,1-4H3,(H2,30,35)/b11-5+,12-10+,31-20-/t16-,22?,23?/m1/s1. The molecule has 1 fully saturated rings. The molecule has 186 valence electrons. The van der Waals surface area contributed by atoms with Gasteiger partial charge in [-0.25, -0.2) is 9.37 Å². The molecule has 0 aliphatic heterocycles. The second-order valence-corrected chi connectivity index (χ2v) is 9.31. The molecule has 3 atom stereocenters. The SMILES string of the molecule is C/C=C/N=C(/C=C/n1c(C)cc(C2C(c3ccc(F)cc3)[C@H]2C)c(Cl)c1=O)c1cn(C)c(C(N)=O)n1. The first kappa shape index (κ1) is 25.3. The van der Waals surface area contributed by atoms with Crippen molar-refractivity contribution in [3.05, 3.63) is 104 Å². The van der Waals surface area contributed by atoms with E-state index < -0.39 is 5.91 Å². The molecule has 1 aliphatic rings. The highest BCUT2D eigenvalue weighted by Gasteiger charge is 2.49. The maximum Gasteiger partial charge on any atom is 0.284 e. The van der Waals surface area contributed by atoms with E-state index in [1.807, 2.05) is 19.9 Å². The fourth-order valence-corrected chi connectivity index (χ4v) is 4.90. The van der Waals surface area contributed by atoms with Crippen molar-refractivity contribution in [2.24, 2.45) is 23.7 Å². The molecular formula is C27H27ClFN5O2. The van der Waals surface area contributed by atoms with Crippen LogP contribution in [0.25, 0.3) is 6.20 Å².